The molecule has 0 spiro atoms. The summed E-state index contributed by atoms with van der Waals surface area (Å²) in [7, 11) is 1.64. The first-order valence-corrected chi connectivity index (χ1v) is 8.46. The van der Waals surface area contributed by atoms with Gasteiger partial charge in [0.05, 0.1) is 11.6 Å². The molecule has 2 rings (SSSR count). The molecule has 1 aliphatic rings. The van der Waals surface area contributed by atoms with Crippen molar-refractivity contribution >= 4 is 21.7 Å². The van der Waals surface area contributed by atoms with Gasteiger partial charge in [-0.25, -0.2) is 0 Å². The zero-order valence-corrected chi connectivity index (χ0v) is 14.2. The van der Waals surface area contributed by atoms with Crippen LogP contribution < -0.4 is 10.5 Å². The lowest BCUT2D eigenvalue weighted by Gasteiger charge is -2.29. The fourth-order valence-electron chi connectivity index (χ4n) is 3.19. The van der Waals surface area contributed by atoms with E-state index in [1.807, 2.05) is 18.2 Å². The summed E-state index contributed by atoms with van der Waals surface area (Å²) in [4.78, 5) is 12.8. The third kappa shape index (κ3) is 3.86. The summed E-state index contributed by atoms with van der Waals surface area (Å²) in [5, 5.41) is 0. The summed E-state index contributed by atoms with van der Waals surface area (Å²) in [5.74, 6) is 1.08. The molecule has 4 heteroatoms. The number of halogens is 1. The summed E-state index contributed by atoms with van der Waals surface area (Å²) < 4.78 is 6.11. The highest BCUT2D eigenvalue weighted by molar-refractivity contribution is 9.10. The van der Waals surface area contributed by atoms with Crippen LogP contribution in [0.5, 0.6) is 5.75 Å². The molecule has 0 atom stereocenters. The molecule has 1 aromatic carbocycles. The molecule has 1 aliphatic carbocycles. The monoisotopic (exact) mass is 353 g/mol. The smallest absolute Gasteiger partial charge is 0.144 e. The van der Waals surface area contributed by atoms with Gasteiger partial charge in [-0.05, 0) is 46.5 Å². The molecule has 0 saturated heterocycles. The topological polar surface area (TPSA) is 52.3 Å². The van der Waals surface area contributed by atoms with E-state index in [1.54, 1.807) is 7.11 Å². The molecule has 0 aromatic heterocycles. The lowest BCUT2D eigenvalue weighted by molar-refractivity contribution is -0.128. The van der Waals surface area contributed by atoms with Gasteiger partial charge in [0.15, 0.2) is 0 Å². The Labute approximate surface area is 135 Å². The minimum absolute atomic E-state index is 0.295. The number of ether oxygens (including phenoxy) is 1. The van der Waals surface area contributed by atoms with Crippen molar-refractivity contribution in [2.75, 3.05) is 13.7 Å². The Morgan fingerprint density at radius 2 is 1.95 bits per heavy atom. The van der Waals surface area contributed by atoms with Crippen LogP contribution in [0.3, 0.4) is 0 Å². The zero-order valence-electron chi connectivity index (χ0n) is 12.7. The van der Waals surface area contributed by atoms with Crippen LogP contribution in [0, 0.1) is 5.41 Å². The van der Waals surface area contributed by atoms with Crippen LogP contribution in [0.25, 0.3) is 0 Å². The number of benzene rings is 1. The molecule has 116 valence electrons. The largest absolute Gasteiger partial charge is 0.496 e. The number of rotatable bonds is 5. The fourth-order valence-corrected chi connectivity index (χ4v) is 3.78. The van der Waals surface area contributed by atoms with E-state index in [2.05, 4.69) is 15.9 Å². The van der Waals surface area contributed by atoms with Crippen LogP contribution in [0.1, 0.15) is 44.1 Å². The second-order valence-corrected chi connectivity index (χ2v) is 6.82. The predicted octanol–water partition coefficient (Wildman–Crippen LogP) is 3.87. The van der Waals surface area contributed by atoms with E-state index >= 15 is 0 Å². The number of ketones is 1. The summed E-state index contributed by atoms with van der Waals surface area (Å²) in [6, 6.07) is 5.83. The molecule has 0 unspecified atom stereocenters. The second-order valence-electron chi connectivity index (χ2n) is 5.97. The van der Waals surface area contributed by atoms with Crippen LogP contribution in [0.4, 0.5) is 0 Å². The first kappa shape index (κ1) is 16.5. The number of hydrogen-bond acceptors (Lipinski definition) is 3. The Hall–Kier alpha value is -0.870. The number of carbonyl (C=O) groups is 1. The Balaban J connectivity index is 2.13. The predicted molar refractivity (Wildman–Crippen MR) is 88.6 cm³/mol. The molecule has 0 aliphatic heterocycles. The van der Waals surface area contributed by atoms with Crippen molar-refractivity contribution in [3.63, 3.8) is 0 Å². The highest BCUT2D eigenvalue weighted by atomic mass is 79.9. The van der Waals surface area contributed by atoms with Crippen molar-refractivity contribution in [2.45, 2.75) is 44.9 Å². The molecule has 0 amide bonds. The summed E-state index contributed by atoms with van der Waals surface area (Å²) in [6.45, 7) is 0.475. The van der Waals surface area contributed by atoms with Gasteiger partial charge in [-0.3, -0.25) is 4.79 Å². The third-order valence-electron chi connectivity index (χ3n) is 4.62. The third-order valence-corrected chi connectivity index (χ3v) is 5.24. The lowest BCUT2D eigenvalue weighted by atomic mass is 9.75. The molecule has 1 aromatic rings. The molecular weight excluding hydrogens is 330 g/mol. The van der Waals surface area contributed by atoms with E-state index in [0.717, 1.165) is 41.5 Å². The number of methoxy groups -OCH3 is 1. The van der Waals surface area contributed by atoms with E-state index in [9.17, 15) is 4.79 Å². The standard InChI is InChI=1S/C17H24BrNO2/c1-21-15-7-6-13(10-14(15)18)11-16(20)17(12-19)8-4-2-3-5-9-17/h6-7,10H,2-5,8-9,11-12,19H2,1H3. The molecule has 3 nitrogen and oxygen atoms in total. The van der Waals surface area contributed by atoms with Crippen LogP contribution >= 0.6 is 15.9 Å². The average molecular weight is 354 g/mol. The number of hydrogen-bond donors (Lipinski definition) is 1. The number of Topliss-reactive ketones (excluding diaryl/α,β-unsaturated/α-hetero) is 1. The molecule has 1 fully saturated rings. The van der Waals surface area contributed by atoms with Crippen LogP contribution in [0.15, 0.2) is 22.7 Å². The minimum atomic E-state index is -0.303. The maximum absolute atomic E-state index is 12.8. The highest BCUT2D eigenvalue weighted by Gasteiger charge is 2.36. The highest BCUT2D eigenvalue weighted by Crippen LogP contribution is 2.36. The quantitative estimate of drug-likeness (QED) is 0.817. The van der Waals surface area contributed by atoms with Crippen LogP contribution in [0.2, 0.25) is 0 Å². The summed E-state index contributed by atoms with van der Waals surface area (Å²) in [5.41, 5.74) is 6.70. The normalized spacial score (nSPS) is 18.0. The summed E-state index contributed by atoms with van der Waals surface area (Å²) >= 11 is 3.48. The molecule has 2 N–H and O–H groups in total. The van der Waals surface area contributed by atoms with Crippen molar-refractivity contribution in [2.24, 2.45) is 11.1 Å². The lowest BCUT2D eigenvalue weighted by Crippen LogP contribution is -2.39. The van der Waals surface area contributed by atoms with Gasteiger partial charge in [0, 0.05) is 18.4 Å². The Morgan fingerprint density at radius 1 is 1.29 bits per heavy atom. The molecule has 21 heavy (non-hydrogen) atoms. The van der Waals surface area contributed by atoms with Gasteiger partial charge in [0.1, 0.15) is 11.5 Å². The Kier molecular flexibility index (Phi) is 5.82. The summed E-state index contributed by atoms with van der Waals surface area (Å²) in [6.07, 6.45) is 7.04. The molecule has 0 heterocycles. The van der Waals surface area contributed by atoms with Gasteiger partial charge in [0.2, 0.25) is 0 Å². The maximum Gasteiger partial charge on any atom is 0.144 e. The van der Waals surface area contributed by atoms with Gasteiger partial charge in [-0.15, -0.1) is 0 Å². The van der Waals surface area contributed by atoms with Crippen LogP contribution in [-0.2, 0) is 11.2 Å². The van der Waals surface area contributed by atoms with Gasteiger partial charge in [0.25, 0.3) is 0 Å². The second kappa shape index (κ2) is 7.41. The van der Waals surface area contributed by atoms with Crippen molar-refractivity contribution < 1.29 is 9.53 Å². The maximum atomic E-state index is 12.8. The van der Waals surface area contributed by atoms with E-state index < -0.39 is 0 Å². The van der Waals surface area contributed by atoms with Gasteiger partial charge < -0.3 is 10.5 Å². The Bertz CT molecular complexity index is 494. The SMILES string of the molecule is COc1ccc(CC(=O)C2(CN)CCCCCC2)cc1Br. The van der Waals surface area contributed by atoms with Crippen molar-refractivity contribution in [1.29, 1.82) is 0 Å². The van der Waals surface area contributed by atoms with E-state index in [-0.39, 0.29) is 5.41 Å². The first-order chi connectivity index (χ1) is 10.1. The van der Waals surface area contributed by atoms with Gasteiger partial charge >= 0.3 is 0 Å². The van der Waals surface area contributed by atoms with Crippen molar-refractivity contribution in [3.8, 4) is 5.75 Å². The minimum Gasteiger partial charge on any atom is -0.496 e. The molecule has 0 radical (unpaired) electrons. The van der Waals surface area contributed by atoms with Crippen molar-refractivity contribution in [3.05, 3.63) is 28.2 Å². The van der Waals surface area contributed by atoms with Crippen molar-refractivity contribution in [1.82, 2.24) is 0 Å². The molecule has 0 bridgehead atoms. The average Bonchev–Trinajstić information content (AvgIpc) is 2.74. The van der Waals surface area contributed by atoms with Gasteiger partial charge in [-0.1, -0.05) is 31.7 Å². The van der Waals surface area contributed by atoms with E-state index in [1.165, 1.54) is 12.8 Å². The van der Waals surface area contributed by atoms with Gasteiger partial charge in [-0.2, -0.15) is 0 Å². The number of carbonyl (C=O) groups excluding carboxylic acids is 1. The van der Waals surface area contributed by atoms with Crippen LogP contribution in [-0.4, -0.2) is 19.4 Å². The molecule has 1 saturated carbocycles. The zero-order chi connectivity index (χ0) is 15.3. The number of nitrogens with two attached hydrogens (primary N) is 1. The first-order valence-electron chi connectivity index (χ1n) is 7.67. The fraction of sp³-hybridized carbons (Fsp3) is 0.588. The van der Waals surface area contributed by atoms with E-state index in [0.29, 0.717) is 18.7 Å². The molecular formula is C17H24BrNO2. The van der Waals surface area contributed by atoms with E-state index in [4.69, 9.17) is 10.5 Å². The Morgan fingerprint density at radius 3 is 2.48 bits per heavy atom.